The molecule has 0 aromatic heterocycles. The molecule has 1 aliphatic rings. The van der Waals surface area contributed by atoms with Gasteiger partial charge < -0.3 is 0 Å². The van der Waals surface area contributed by atoms with Gasteiger partial charge in [-0.25, -0.2) is 4.39 Å². The van der Waals surface area contributed by atoms with Crippen molar-refractivity contribution in [2.24, 2.45) is 17.3 Å². The van der Waals surface area contributed by atoms with Crippen molar-refractivity contribution in [2.75, 3.05) is 0 Å². The molecule has 0 bridgehead atoms. The van der Waals surface area contributed by atoms with Crippen LogP contribution in [0.25, 0.3) is 0 Å². The van der Waals surface area contributed by atoms with E-state index in [-0.39, 0.29) is 5.82 Å². The largest absolute Gasteiger partial charge is 0.207 e. The van der Waals surface area contributed by atoms with E-state index >= 15 is 0 Å². The predicted octanol–water partition coefficient (Wildman–Crippen LogP) is 5.22. The summed E-state index contributed by atoms with van der Waals surface area (Å²) in [6.45, 7) is 7.08. The molecular formula is C17H25F. The molecule has 0 spiro atoms. The zero-order valence-electron chi connectivity index (χ0n) is 11.9. The lowest BCUT2D eigenvalue weighted by molar-refractivity contribution is 0.141. The standard InChI is InChI=1S/C17H25F/c1-17(2,3)15-6-4-5-14(12-15)11-13-7-9-16(18)10-8-13/h7-10,14-15H,4-6,11-12H2,1-3H3. The maximum absolute atomic E-state index is 12.9. The van der Waals surface area contributed by atoms with E-state index in [2.05, 4.69) is 20.8 Å². The van der Waals surface area contributed by atoms with Gasteiger partial charge in [-0.15, -0.1) is 0 Å². The zero-order valence-corrected chi connectivity index (χ0v) is 11.9. The van der Waals surface area contributed by atoms with Crippen molar-refractivity contribution in [1.82, 2.24) is 0 Å². The highest BCUT2D eigenvalue weighted by Crippen LogP contribution is 2.41. The second-order valence-corrected chi connectivity index (χ2v) is 6.93. The van der Waals surface area contributed by atoms with E-state index in [4.69, 9.17) is 0 Å². The normalized spacial score (nSPS) is 25.1. The topological polar surface area (TPSA) is 0 Å². The van der Waals surface area contributed by atoms with Gasteiger partial charge in [-0.1, -0.05) is 45.7 Å². The number of benzene rings is 1. The van der Waals surface area contributed by atoms with Gasteiger partial charge in [-0.3, -0.25) is 0 Å². The molecule has 1 heteroatoms. The fraction of sp³-hybridized carbons (Fsp3) is 0.647. The minimum Gasteiger partial charge on any atom is -0.207 e. The molecule has 2 rings (SSSR count). The molecule has 1 aromatic rings. The van der Waals surface area contributed by atoms with Crippen LogP contribution in [-0.2, 0) is 6.42 Å². The Morgan fingerprint density at radius 1 is 1.11 bits per heavy atom. The molecule has 1 aliphatic carbocycles. The molecule has 0 N–H and O–H groups in total. The van der Waals surface area contributed by atoms with Crippen LogP contribution in [0, 0.1) is 23.1 Å². The highest BCUT2D eigenvalue weighted by Gasteiger charge is 2.30. The van der Waals surface area contributed by atoms with Crippen molar-refractivity contribution < 1.29 is 4.39 Å². The minimum atomic E-state index is -0.130. The molecule has 0 saturated heterocycles. The van der Waals surface area contributed by atoms with E-state index in [1.165, 1.54) is 31.2 Å². The summed E-state index contributed by atoms with van der Waals surface area (Å²) in [6.07, 6.45) is 6.52. The Bertz CT molecular complexity index is 372. The van der Waals surface area contributed by atoms with Crippen LogP contribution < -0.4 is 0 Å². The van der Waals surface area contributed by atoms with Gasteiger partial charge in [0.25, 0.3) is 0 Å². The Hall–Kier alpha value is -0.850. The van der Waals surface area contributed by atoms with Crippen LogP contribution in [0.5, 0.6) is 0 Å². The zero-order chi connectivity index (χ0) is 13.2. The molecule has 0 amide bonds. The summed E-state index contributed by atoms with van der Waals surface area (Å²) in [5.74, 6) is 1.50. The van der Waals surface area contributed by atoms with Crippen molar-refractivity contribution in [3.8, 4) is 0 Å². The average molecular weight is 248 g/mol. The van der Waals surface area contributed by atoms with E-state index in [0.717, 1.165) is 18.3 Å². The maximum Gasteiger partial charge on any atom is 0.123 e. The van der Waals surface area contributed by atoms with Crippen molar-refractivity contribution in [1.29, 1.82) is 0 Å². The van der Waals surface area contributed by atoms with Crippen LogP contribution in [0.4, 0.5) is 4.39 Å². The monoisotopic (exact) mass is 248 g/mol. The van der Waals surface area contributed by atoms with E-state index in [0.29, 0.717) is 5.41 Å². The van der Waals surface area contributed by atoms with Gasteiger partial charge >= 0.3 is 0 Å². The van der Waals surface area contributed by atoms with E-state index in [1.54, 1.807) is 12.1 Å². The third-order valence-electron chi connectivity index (χ3n) is 4.45. The molecule has 18 heavy (non-hydrogen) atoms. The van der Waals surface area contributed by atoms with Gasteiger partial charge in [0.05, 0.1) is 0 Å². The summed E-state index contributed by atoms with van der Waals surface area (Å²) in [6, 6.07) is 7.05. The van der Waals surface area contributed by atoms with Crippen LogP contribution >= 0.6 is 0 Å². The minimum absolute atomic E-state index is 0.130. The van der Waals surface area contributed by atoms with Crippen LogP contribution in [0.15, 0.2) is 24.3 Å². The summed E-state index contributed by atoms with van der Waals surface area (Å²) in [5, 5.41) is 0. The van der Waals surface area contributed by atoms with Crippen molar-refractivity contribution in [2.45, 2.75) is 52.9 Å². The summed E-state index contributed by atoms with van der Waals surface area (Å²) < 4.78 is 12.9. The predicted molar refractivity (Wildman–Crippen MR) is 75.0 cm³/mol. The molecule has 1 fully saturated rings. The summed E-state index contributed by atoms with van der Waals surface area (Å²) >= 11 is 0. The Balaban J connectivity index is 1.95. The lowest BCUT2D eigenvalue weighted by Gasteiger charge is -2.37. The van der Waals surface area contributed by atoms with Crippen LogP contribution in [-0.4, -0.2) is 0 Å². The molecule has 0 aliphatic heterocycles. The second-order valence-electron chi connectivity index (χ2n) is 6.93. The van der Waals surface area contributed by atoms with Gasteiger partial charge in [0.1, 0.15) is 5.82 Å². The number of hydrogen-bond acceptors (Lipinski definition) is 0. The highest BCUT2D eigenvalue weighted by atomic mass is 19.1. The Kier molecular flexibility index (Phi) is 4.09. The van der Waals surface area contributed by atoms with Gasteiger partial charge in [0.2, 0.25) is 0 Å². The Morgan fingerprint density at radius 2 is 1.78 bits per heavy atom. The summed E-state index contributed by atoms with van der Waals surface area (Å²) in [7, 11) is 0. The van der Waals surface area contributed by atoms with E-state index < -0.39 is 0 Å². The van der Waals surface area contributed by atoms with Crippen molar-refractivity contribution >= 4 is 0 Å². The maximum atomic E-state index is 12.9. The molecule has 0 nitrogen and oxygen atoms in total. The fourth-order valence-corrected chi connectivity index (χ4v) is 3.22. The highest BCUT2D eigenvalue weighted by molar-refractivity contribution is 5.16. The van der Waals surface area contributed by atoms with Crippen LogP contribution in [0.1, 0.15) is 52.0 Å². The van der Waals surface area contributed by atoms with Crippen LogP contribution in [0.3, 0.4) is 0 Å². The molecule has 2 unspecified atom stereocenters. The summed E-state index contributed by atoms with van der Waals surface area (Å²) in [4.78, 5) is 0. The lowest BCUT2D eigenvalue weighted by atomic mass is 9.68. The second kappa shape index (κ2) is 5.42. The molecule has 2 atom stereocenters. The van der Waals surface area contributed by atoms with Crippen molar-refractivity contribution in [3.05, 3.63) is 35.6 Å². The first-order valence-electron chi connectivity index (χ1n) is 7.19. The van der Waals surface area contributed by atoms with E-state index in [1.807, 2.05) is 12.1 Å². The fourth-order valence-electron chi connectivity index (χ4n) is 3.22. The molecule has 0 heterocycles. The smallest absolute Gasteiger partial charge is 0.123 e. The molecule has 1 aromatic carbocycles. The first-order valence-corrected chi connectivity index (χ1v) is 7.19. The number of hydrogen-bond donors (Lipinski definition) is 0. The SMILES string of the molecule is CC(C)(C)C1CCCC(Cc2ccc(F)cc2)C1. The number of halogens is 1. The van der Waals surface area contributed by atoms with Crippen molar-refractivity contribution in [3.63, 3.8) is 0 Å². The Morgan fingerprint density at radius 3 is 2.39 bits per heavy atom. The molecule has 0 radical (unpaired) electrons. The molecule has 1 saturated carbocycles. The quantitative estimate of drug-likeness (QED) is 0.673. The first-order chi connectivity index (χ1) is 8.45. The molecule has 100 valence electrons. The van der Waals surface area contributed by atoms with E-state index in [9.17, 15) is 4.39 Å². The van der Waals surface area contributed by atoms with Crippen LogP contribution in [0.2, 0.25) is 0 Å². The lowest BCUT2D eigenvalue weighted by Crippen LogP contribution is -2.27. The van der Waals surface area contributed by atoms with Gasteiger partial charge in [-0.05, 0) is 54.2 Å². The van der Waals surface area contributed by atoms with Gasteiger partial charge in [0.15, 0.2) is 0 Å². The first kappa shape index (κ1) is 13.6. The Labute approximate surface area is 111 Å². The number of rotatable bonds is 2. The molecular weight excluding hydrogens is 223 g/mol. The van der Waals surface area contributed by atoms with Gasteiger partial charge in [-0.2, -0.15) is 0 Å². The summed E-state index contributed by atoms with van der Waals surface area (Å²) in [5.41, 5.74) is 1.72. The third-order valence-corrected chi connectivity index (χ3v) is 4.45. The average Bonchev–Trinajstić information content (AvgIpc) is 2.31. The van der Waals surface area contributed by atoms with Gasteiger partial charge in [0, 0.05) is 0 Å². The third kappa shape index (κ3) is 3.57.